The van der Waals surface area contributed by atoms with Crippen molar-refractivity contribution < 1.29 is 18.7 Å². The second-order valence-corrected chi connectivity index (χ2v) is 7.89. The Bertz CT molecular complexity index is 1130. The third-order valence-corrected chi connectivity index (χ3v) is 5.51. The van der Waals surface area contributed by atoms with E-state index >= 15 is 0 Å². The van der Waals surface area contributed by atoms with Gasteiger partial charge in [0.15, 0.2) is 11.5 Å². The standard InChI is InChI=1S/C22H24FN7O3/c1-3-33-21(32)19-26-18(12-30(19)2)27-20(31)15-7-8-17(29-28-15)25-13-22(10-14(23)11-22)16-6-4-5-9-24-16/h4-9,12,14H,3,10-11,13H2,1-2H3,(H,25,29)(H,27,31). The quantitative estimate of drug-likeness (QED) is 0.499. The zero-order valence-corrected chi connectivity index (χ0v) is 18.3. The maximum atomic E-state index is 13.7. The first kappa shape index (κ1) is 22.3. The number of anilines is 2. The van der Waals surface area contributed by atoms with Crippen LogP contribution in [0.15, 0.2) is 42.7 Å². The molecule has 0 unspecified atom stereocenters. The molecule has 0 spiro atoms. The zero-order valence-electron chi connectivity index (χ0n) is 18.3. The maximum absolute atomic E-state index is 13.7. The minimum absolute atomic E-state index is 0.0751. The van der Waals surface area contributed by atoms with Crippen molar-refractivity contribution in [1.29, 1.82) is 0 Å². The number of alkyl halides is 1. The Morgan fingerprint density at radius 2 is 2.03 bits per heavy atom. The highest BCUT2D eigenvalue weighted by Crippen LogP contribution is 2.44. The van der Waals surface area contributed by atoms with Crippen LogP contribution in [-0.2, 0) is 17.2 Å². The molecule has 1 aliphatic carbocycles. The average molecular weight is 453 g/mol. The number of hydrogen-bond donors (Lipinski definition) is 2. The van der Waals surface area contributed by atoms with Gasteiger partial charge in [0.25, 0.3) is 5.91 Å². The van der Waals surface area contributed by atoms with Gasteiger partial charge in [-0.2, -0.15) is 0 Å². The topological polar surface area (TPSA) is 124 Å². The fourth-order valence-corrected chi connectivity index (χ4v) is 3.81. The lowest BCUT2D eigenvalue weighted by molar-refractivity contribution is 0.0507. The van der Waals surface area contributed by atoms with Gasteiger partial charge >= 0.3 is 5.97 Å². The molecule has 3 heterocycles. The molecule has 0 radical (unpaired) electrons. The highest BCUT2D eigenvalue weighted by atomic mass is 19.1. The van der Waals surface area contributed by atoms with Gasteiger partial charge in [0, 0.05) is 37.1 Å². The Morgan fingerprint density at radius 1 is 1.21 bits per heavy atom. The molecular weight excluding hydrogens is 429 g/mol. The first-order chi connectivity index (χ1) is 15.9. The molecule has 0 saturated heterocycles. The van der Waals surface area contributed by atoms with Gasteiger partial charge < -0.3 is 19.9 Å². The summed E-state index contributed by atoms with van der Waals surface area (Å²) in [5, 5.41) is 13.8. The number of carbonyl (C=O) groups excluding carboxylic acids is 2. The molecule has 4 rings (SSSR count). The third kappa shape index (κ3) is 4.81. The van der Waals surface area contributed by atoms with Crippen molar-refractivity contribution in [2.75, 3.05) is 23.8 Å². The summed E-state index contributed by atoms with van der Waals surface area (Å²) in [4.78, 5) is 32.8. The second kappa shape index (κ2) is 9.31. The van der Waals surface area contributed by atoms with Crippen molar-refractivity contribution in [3.8, 4) is 0 Å². The highest BCUT2D eigenvalue weighted by Gasteiger charge is 2.47. The van der Waals surface area contributed by atoms with E-state index in [0.717, 1.165) is 5.69 Å². The largest absolute Gasteiger partial charge is 0.460 e. The number of carbonyl (C=O) groups is 2. The first-order valence-electron chi connectivity index (χ1n) is 10.6. The summed E-state index contributed by atoms with van der Waals surface area (Å²) in [6, 6.07) is 8.76. The fraction of sp³-hybridized carbons (Fsp3) is 0.364. The Hall–Kier alpha value is -3.89. The van der Waals surface area contributed by atoms with Crippen LogP contribution in [0.2, 0.25) is 0 Å². The van der Waals surface area contributed by atoms with Crippen LogP contribution in [-0.4, -0.2) is 55.9 Å². The average Bonchev–Trinajstić information content (AvgIpc) is 3.17. The lowest BCUT2D eigenvalue weighted by atomic mass is 9.65. The Balaban J connectivity index is 1.38. The van der Waals surface area contributed by atoms with E-state index in [2.05, 4.69) is 30.8 Å². The van der Waals surface area contributed by atoms with Crippen LogP contribution in [0, 0.1) is 0 Å². The van der Waals surface area contributed by atoms with E-state index in [9.17, 15) is 14.0 Å². The van der Waals surface area contributed by atoms with Crippen molar-refractivity contribution in [2.24, 2.45) is 7.05 Å². The molecule has 172 valence electrons. The fourth-order valence-electron chi connectivity index (χ4n) is 3.81. The number of amides is 1. The Labute approximate surface area is 189 Å². The van der Waals surface area contributed by atoms with Gasteiger partial charge in [-0.25, -0.2) is 14.2 Å². The lowest BCUT2D eigenvalue weighted by Crippen LogP contribution is -2.48. The summed E-state index contributed by atoms with van der Waals surface area (Å²) < 4.78 is 20.1. The summed E-state index contributed by atoms with van der Waals surface area (Å²) in [5.74, 6) is -0.369. The molecule has 0 atom stereocenters. The van der Waals surface area contributed by atoms with Gasteiger partial charge in [-0.1, -0.05) is 6.07 Å². The van der Waals surface area contributed by atoms with Crippen LogP contribution in [0.3, 0.4) is 0 Å². The van der Waals surface area contributed by atoms with Crippen molar-refractivity contribution in [3.05, 3.63) is 59.9 Å². The first-order valence-corrected chi connectivity index (χ1v) is 10.6. The summed E-state index contributed by atoms with van der Waals surface area (Å²) in [6.45, 7) is 2.37. The monoisotopic (exact) mass is 453 g/mol. The van der Waals surface area contributed by atoms with E-state index in [4.69, 9.17) is 4.74 Å². The number of nitrogens with zero attached hydrogens (tertiary/aromatic N) is 5. The van der Waals surface area contributed by atoms with Crippen molar-refractivity contribution in [2.45, 2.75) is 31.4 Å². The number of rotatable bonds is 8. The predicted molar refractivity (Wildman–Crippen MR) is 118 cm³/mol. The van der Waals surface area contributed by atoms with Gasteiger partial charge in [-0.05, 0) is 44.0 Å². The molecule has 10 nitrogen and oxygen atoms in total. The molecule has 0 aliphatic heterocycles. The van der Waals surface area contributed by atoms with E-state index in [-0.39, 0.29) is 23.9 Å². The molecule has 1 aliphatic rings. The van der Waals surface area contributed by atoms with Crippen LogP contribution < -0.4 is 10.6 Å². The molecule has 1 fully saturated rings. The molecular formula is C22H24FN7O3. The van der Waals surface area contributed by atoms with Gasteiger partial charge in [-0.3, -0.25) is 9.78 Å². The Morgan fingerprint density at radius 3 is 2.67 bits per heavy atom. The molecule has 3 aromatic heterocycles. The lowest BCUT2D eigenvalue weighted by Gasteiger charge is -2.43. The molecule has 33 heavy (non-hydrogen) atoms. The van der Waals surface area contributed by atoms with Gasteiger partial charge in [0.05, 0.1) is 6.61 Å². The van der Waals surface area contributed by atoms with Crippen LogP contribution in [0.4, 0.5) is 16.0 Å². The summed E-state index contributed by atoms with van der Waals surface area (Å²) in [5.41, 5.74) is 0.525. The number of aryl methyl sites for hydroxylation is 1. The van der Waals surface area contributed by atoms with Crippen LogP contribution in [0.1, 0.15) is 46.6 Å². The van der Waals surface area contributed by atoms with Crippen LogP contribution >= 0.6 is 0 Å². The number of pyridine rings is 1. The van der Waals surface area contributed by atoms with Gasteiger partial charge in [0.1, 0.15) is 12.0 Å². The van der Waals surface area contributed by atoms with E-state index in [1.54, 1.807) is 26.2 Å². The highest BCUT2D eigenvalue weighted by molar-refractivity contribution is 6.02. The number of nitrogens with one attached hydrogen (secondary N) is 2. The predicted octanol–water partition coefficient (Wildman–Crippen LogP) is 2.52. The minimum atomic E-state index is -0.845. The molecule has 3 aromatic rings. The normalized spacial score (nSPS) is 19.4. The van der Waals surface area contributed by atoms with E-state index in [0.29, 0.717) is 25.2 Å². The SMILES string of the molecule is CCOC(=O)c1nc(NC(=O)c2ccc(NCC3(c4ccccn4)CC(F)C3)nn2)cn1C. The maximum Gasteiger partial charge on any atom is 0.374 e. The number of ether oxygens (including phenoxy) is 1. The molecule has 0 aromatic carbocycles. The molecule has 1 saturated carbocycles. The van der Waals surface area contributed by atoms with Crippen molar-refractivity contribution in [1.82, 2.24) is 24.7 Å². The van der Waals surface area contributed by atoms with E-state index in [1.165, 1.54) is 16.8 Å². The summed E-state index contributed by atoms with van der Waals surface area (Å²) in [7, 11) is 1.63. The molecule has 1 amide bonds. The zero-order chi connectivity index (χ0) is 23.4. The summed E-state index contributed by atoms with van der Waals surface area (Å²) in [6.07, 6.45) is 3.14. The number of hydrogen-bond acceptors (Lipinski definition) is 8. The van der Waals surface area contributed by atoms with E-state index < -0.39 is 23.5 Å². The van der Waals surface area contributed by atoms with Crippen molar-refractivity contribution in [3.63, 3.8) is 0 Å². The second-order valence-electron chi connectivity index (χ2n) is 7.89. The Kier molecular flexibility index (Phi) is 6.29. The molecule has 2 N–H and O–H groups in total. The van der Waals surface area contributed by atoms with Crippen molar-refractivity contribution >= 4 is 23.5 Å². The van der Waals surface area contributed by atoms with Crippen LogP contribution in [0.5, 0.6) is 0 Å². The minimum Gasteiger partial charge on any atom is -0.460 e. The van der Waals surface area contributed by atoms with Crippen LogP contribution in [0.25, 0.3) is 0 Å². The smallest absolute Gasteiger partial charge is 0.374 e. The number of halogens is 1. The van der Waals surface area contributed by atoms with E-state index in [1.807, 2.05) is 18.2 Å². The van der Waals surface area contributed by atoms with Gasteiger partial charge in [0.2, 0.25) is 5.82 Å². The molecule has 0 bridgehead atoms. The number of imidazole rings is 1. The van der Waals surface area contributed by atoms with Gasteiger partial charge in [-0.15, -0.1) is 10.2 Å². The molecule has 11 heteroatoms. The number of aromatic nitrogens is 5. The summed E-state index contributed by atoms with van der Waals surface area (Å²) >= 11 is 0. The third-order valence-electron chi connectivity index (χ3n) is 5.51. The number of esters is 1.